The molecular formula is C10H12F3NO2. The molecule has 2 N–H and O–H groups in total. The van der Waals surface area contributed by atoms with E-state index in [1.807, 2.05) is 0 Å². The van der Waals surface area contributed by atoms with Gasteiger partial charge in [0.25, 0.3) is 0 Å². The molecule has 1 aromatic rings. The van der Waals surface area contributed by atoms with Crippen LogP contribution in [-0.2, 0) is 4.74 Å². The van der Waals surface area contributed by atoms with Crippen molar-refractivity contribution in [1.29, 1.82) is 0 Å². The smallest absolute Gasteiger partial charge is 0.194 e. The van der Waals surface area contributed by atoms with Crippen LogP contribution in [0.1, 0.15) is 0 Å². The van der Waals surface area contributed by atoms with Gasteiger partial charge in [-0.3, -0.25) is 0 Å². The number of rotatable bonds is 5. The zero-order valence-electron chi connectivity index (χ0n) is 8.64. The molecule has 0 aliphatic heterocycles. The summed E-state index contributed by atoms with van der Waals surface area (Å²) in [5, 5.41) is 11.8. The molecule has 0 aliphatic rings. The van der Waals surface area contributed by atoms with Gasteiger partial charge in [0, 0.05) is 31.5 Å². The summed E-state index contributed by atoms with van der Waals surface area (Å²) in [5.41, 5.74) is 0.0616. The lowest BCUT2D eigenvalue weighted by Crippen LogP contribution is -2.24. The third-order valence-corrected chi connectivity index (χ3v) is 1.88. The first-order valence-electron chi connectivity index (χ1n) is 4.60. The zero-order valence-corrected chi connectivity index (χ0v) is 8.64. The molecule has 1 unspecified atom stereocenters. The van der Waals surface area contributed by atoms with Gasteiger partial charge in [-0.2, -0.15) is 0 Å². The third kappa shape index (κ3) is 3.39. The van der Waals surface area contributed by atoms with Crippen LogP contribution in [0.5, 0.6) is 0 Å². The Morgan fingerprint density at radius 2 is 1.88 bits per heavy atom. The molecule has 0 aliphatic carbocycles. The molecule has 1 atom stereocenters. The third-order valence-electron chi connectivity index (χ3n) is 1.88. The topological polar surface area (TPSA) is 41.5 Å². The van der Waals surface area contributed by atoms with Crippen LogP contribution < -0.4 is 5.32 Å². The first kappa shape index (κ1) is 12.8. The molecule has 16 heavy (non-hydrogen) atoms. The van der Waals surface area contributed by atoms with Crippen molar-refractivity contribution in [2.24, 2.45) is 0 Å². The van der Waals surface area contributed by atoms with Crippen molar-refractivity contribution < 1.29 is 23.0 Å². The van der Waals surface area contributed by atoms with Gasteiger partial charge in [0.05, 0.1) is 12.7 Å². The average molecular weight is 235 g/mol. The maximum absolute atomic E-state index is 12.8. The van der Waals surface area contributed by atoms with Gasteiger partial charge < -0.3 is 15.2 Å². The van der Waals surface area contributed by atoms with Crippen LogP contribution in [0.3, 0.4) is 0 Å². The average Bonchev–Trinajstić information content (AvgIpc) is 2.23. The number of hydrogen-bond donors (Lipinski definition) is 2. The molecule has 6 heteroatoms. The minimum atomic E-state index is -1.51. The Morgan fingerprint density at radius 3 is 2.38 bits per heavy atom. The van der Waals surface area contributed by atoms with Crippen LogP contribution in [0.2, 0.25) is 0 Å². The standard InChI is InChI=1S/C10H12F3NO2/c1-16-5-7(15)4-14-6-2-8(11)10(13)9(12)3-6/h2-3,7,14-15H,4-5H2,1H3. The molecule has 0 aromatic heterocycles. The van der Waals surface area contributed by atoms with E-state index in [4.69, 9.17) is 0 Å². The van der Waals surface area contributed by atoms with Crippen molar-refractivity contribution >= 4 is 5.69 Å². The highest BCUT2D eigenvalue weighted by atomic mass is 19.2. The first-order valence-corrected chi connectivity index (χ1v) is 4.60. The van der Waals surface area contributed by atoms with Crippen molar-refractivity contribution in [2.45, 2.75) is 6.10 Å². The SMILES string of the molecule is COCC(O)CNc1cc(F)c(F)c(F)c1. The van der Waals surface area contributed by atoms with E-state index in [0.29, 0.717) is 0 Å². The van der Waals surface area contributed by atoms with Gasteiger partial charge >= 0.3 is 0 Å². The number of halogens is 3. The second-order valence-electron chi connectivity index (χ2n) is 3.24. The van der Waals surface area contributed by atoms with E-state index in [-0.39, 0.29) is 18.8 Å². The molecule has 0 radical (unpaired) electrons. The lowest BCUT2D eigenvalue weighted by atomic mass is 10.2. The maximum atomic E-state index is 12.8. The summed E-state index contributed by atoms with van der Waals surface area (Å²) in [7, 11) is 1.42. The van der Waals surface area contributed by atoms with Gasteiger partial charge in [-0.05, 0) is 0 Å². The summed E-state index contributed by atoms with van der Waals surface area (Å²) < 4.78 is 42.8. The highest BCUT2D eigenvalue weighted by molar-refractivity contribution is 5.44. The summed E-state index contributed by atoms with van der Waals surface area (Å²) >= 11 is 0. The largest absolute Gasteiger partial charge is 0.389 e. The number of nitrogens with one attached hydrogen (secondary N) is 1. The predicted octanol–water partition coefficient (Wildman–Crippen LogP) is 1.52. The second kappa shape index (κ2) is 5.72. The summed E-state index contributed by atoms with van der Waals surface area (Å²) in [6.07, 6.45) is -0.804. The van der Waals surface area contributed by atoms with Crippen LogP contribution in [0.4, 0.5) is 18.9 Å². The second-order valence-corrected chi connectivity index (χ2v) is 3.24. The monoisotopic (exact) mass is 235 g/mol. The quantitative estimate of drug-likeness (QED) is 0.760. The molecule has 0 fully saturated rings. The fourth-order valence-corrected chi connectivity index (χ4v) is 1.14. The van der Waals surface area contributed by atoms with Crippen molar-refractivity contribution in [1.82, 2.24) is 0 Å². The van der Waals surface area contributed by atoms with Crippen LogP contribution >= 0.6 is 0 Å². The summed E-state index contributed by atoms with van der Waals surface area (Å²) in [6, 6.07) is 1.63. The molecule has 0 amide bonds. The van der Waals surface area contributed by atoms with Crippen LogP contribution in [0, 0.1) is 17.5 Å². The summed E-state index contributed by atoms with van der Waals surface area (Å²) in [5.74, 6) is -4.06. The molecule has 3 nitrogen and oxygen atoms in total. The van der Waals surface area contributed by atoms with E-state index in [1.54, 1.807) is 0 Å². The number of aliphatic hydroxyl groups excluding tert-OH is 1. The van der Waals surface area contributed by atoms with Crippen molar-refractivity contribution in [3.05, 3.63) is 29.6 Å². The van der Waals surface area contributed by atoms with Gasteiger partial charge in [0.1, 0.15) is 0 Å². The van der Waals surface area contributed by atoms with Crippen molar-refractivity contribution in [2.75, 3.05) is 25.6 Å². The van der Waals surface area contributed by atoms with Gasteiger partial charge in [-0.15, -0.1) is 0 Å². The minimum absolute atomic E-state index is 0.0539. The Kier molecular flexibility index (Phi) is 4.57. The number of aliphatic hydroxyl groups is 1. The maximum Gasteiger partial charge on any atom is 0.194 e. The van der Waals surface area contributed by atoms with Gasteiger partial charge in [-0.1, -0.05) is 0 Å². The Labute approximate surface area is 90.8 Å². The van der Waals surface area contributed by atoms with E-state index in [0.717, 1.165) is 12.1 Å². The van der Waals surface area contributed by atoms with E-state index >= 15 is 0 Å². The Morgan fingerprint density at radius 1 is 1.31 bits per heavy atom. The number of benzene rings is 1. The minimum Gasteiger partial charge on any atom is -0.389 e. The van der Waals surface area contributed by atoms with E-state index in [2.05, 4.69) is 10.1 Å². The van der Waals surface area contributed by atoms with E-state index < -0.39 is 23.6 Å². The molecule has 0 saturated heterocycles. The van der Waals surface area contributed by atoms with Gasteiger partial charge in [0.2, 0.25) is 0 Å². The zero-order chi connectivity index (χ0) is 12.1. The molecule has 1 rings (SSSR count). The van der Waals surface area contributed by atoms with Crippen molar-refractivity contribution in [3.63, 3.8) is 0 Å². The lowest BCUT2D eigenvalue weighted by Gasteiger charge is -2.12. The Balaban J connectivity index is 2.61. The summed E-state index contributed by atoms with van der Waals surface area (Å²) in [6.45, 7) is 0.150. The molecule has 1 aromatic carbocycles. The van der Waals surface area contributed by atoms with Crippen LogP contribution in [-0.4, -0.2) is 31.5 Å². The summed E-state index contributed by atoms with van der Waals surface area (Å²) in [4.78, 5) is 0. The molecular weight excluding hydrogens is 223 g/mol. The Hall–Kier alpha value is -1.27. The number of methoxy groups -OCH3 is 1. The molecule has 0 heterocycles. The highest BCUT2D eigenvalue weighted by Crippen LogP contribution is 2.17. The number of ether oxygens (including phenoxy) is 1. The molecule has 0 spiro atoms. The van der Waals surface area contributed by atoms with Crippen molar-refractivity contribution in [3.8, 4) is 0 Å². The fourth-order valence-electron chi connectivity index (χ4n) is 1.14. The lowest BCUT2D eigenvalue weighted by molar-refractivity contribution is 0.0727. The number of hydrogen-bond acceptors (Lipinski definition) is 3. The van der Waals surface area contributed by atoms with Crippen LogP contribution in [0.15, 0.2) is 12.1 Å². The molecule has 0 bridgehead atoms. The van der Waals surface area contributed by atoms with E-state index in [9.17, 15) is 18.3 Å². The molecule has 0 saturated carbocycles. The first-order chi connectivity index (χ1) is 7.54. The van der Waals surface area contributed by atoms with E-state index in [1.165, 1.54) is 7.11 Å². The Bertz CT molecular complexity index is 337. The highest BCUT2D eigenvalue weighted by Gasteiger charge is 2.11. The fraction of sp³-hybridized carbons (Fsp3) is 0.400. The number of anilines is 1. The van der Waals surface area contributed by atoms with Gasteiger partial charge in [0.15, 0.2) is 17.5 Å². The normalized spacial score (nSPS) is 12.6. The predicted molar refractivity (Wildman–Crippen MR) is 52.7 cm³/mol. The molecule has 90 valence electrons. The van der Waals surface area contributed by atoms with Crippen LogP contribution in [0.25, 0.3) is 0 Å². The van der Waals surface area contributed by atoms with Gasteiger partial charge in [-0.25, -0.2) is 13.2 Å².